The largest absolute Gasteiger partial charge is 0.486 e. The van der Waals surface area contributed by atoms with Crippen molar-refractivity contribution in [3.05, 3.63) is 34.4 Å². The number of carbonyl (C=O) groups excluding carboxylic acids is 1. The number of nitro benzene ring substituents is 1. The van der Waals surface area contributed by atoms with E-state index >= 15 is 0 Å². The molecule has 0 atom stereocenters. The second-order valence-electron chi connectivity index (χ2n) is 5.71. The number of para-hydroxylation sites is 2. The molecule has 8 heteroatoms. The molecule has 1 saturated heterocycles. The smallest absolute Gasteiger partial charge is 0.310 e. The van der Waals surface area contributed by atoms with E-state index < -0.39 is 4.92 Å². The Balaban J connectivity index is 0.00000288. The van der Waals surface area contributed by atoms with Gasteiger partial charge in [0.1, 0.15) is 0 Å². The molecule has 0 radical (unpaired) electrons. The Bertz CT molecular complexity index is 548. The van der Waals surface area contributed by atoms with Crippen LogP contribution in [0.3, 0.4) is 0 Å². The number of benzene rings is 1. The van der Waals surface area contributed by atoms with E-state index in [1.165, 1.54) is 6.07 Å². The SMILES string of the molecule is CNCC1CCN(C(=O)CCOc2ccccc2[N+](=O)[O-])CC1.Cl. The summed E-state index contributed by atoms with van der Waals surface area (Å²) in [5.41, 5.74) is -0.0761. The van der Waals surface area contributed by atoms with Gasteiger partial charge in [0.05, 0.1) is 18.0 Å². The third-order valence-corrected chi connectivity index (χ3v) is 4.10. The number of hydrogen-bond donors (Lipinski definition) is 1. The minimum atomic E-state index is -0.482. The van der Waals surface area contributed by atoms with Crippen molar-refractivity contribution in [3.8, 4) is 5.75 Å². The van der Waals surface area contributed by atoms with Crippen LogP contribution in [0, 0.1) is 16.0 Å². The van der Waals surface area contributed by atoms with Crippen LogP contribution in [0.15, 0.2) is 24.3 Å². The second kappa shape index (κ2) is 10.1. The average Bonchev–Trinajstić information content (AvgIpc) is 2.56. The van der Waals surface area contributed by atoms with Gasteiger partial charge in [-0.25, -0.2) is 0 Å². The van der Waals surface area contributed by atoms with Crippen molar-refractivity contribution in [1.29, 1.82) is 0 Å². The molecule has 1 aliphatic rings. The minimum Gasteiger partial charge on any atom is -0.486 e. The molecule has 0 bridgehead atoms. The molecule has 134 valence electrons. The summed E-state index contributed by atoms with van der Waals surface area (Å²) in [6.45, 7) is 2.69. The van der Waals surface area contributed by atoms with Gasteiger partial charge < -0.3 is 15.0 Å². The maximum absolute atomic E-state index is 12.2. The number of hydrogen-bond acceptors (Lipinski definition) is 5. The van der Waals surface area contributed by atoms with Crippen LogP contribution in [0.1, 0.15) is 19.3 Å². The molecule has 2 rings (SSSR count). The van der Waals surface area contributed by atoms with Crippen LogP contribution >= 0.6 is 12.4 Å². The van der Waals surface area contributed by atoms with Gasteiger partial charge in [0.2, 0.25) is 5.91 Å². The first-order chi connectivity index (χ1) is 11.1. The molecule has 1 aromatic rings. The lowest BCUT2D eigenvalue weighted by Crippen LogP contribution is -2.40. The van der Waals surface area contributed by atoms with Crippen molar-refractivity contribution in [2.24, 2.45) is 5.92 Å². The summed E-state index contributed by atoms with van der Waals surface area (Å²) in [6.07, 6.45) is 2.26. The minimum absolute atomic E-state index is 0. The molecule has 0 saturated carbocycles. The molecular weight excluding hydrogens is 334 g/mol. The van der Waals surface area contributed by atoms with Gasteiger partial charge in [-0.3, -0.25) is 14.9 Å². The Hall–Kier alpha value is -1.86. The maximum atomic E-state index is 12.2. The van der Waals surface area contributed by atoms with Crippen molar-refractivity contribution in [3.63, 3.8) is 0 Å². The Morgan fingerprint density at radius 2 is 2.04 bits per heavy atom. The molecule has 24 heavy (non-hydrogen) atoms. The molecular formula is C16H24ClN3O4. The summed E-state index contributed by atoms with van der Waals surface area (Å²) in [5.74, 6) is 0.886. The van der Waals surface area contributed by atoms with E-state index in [4.69, 9.17) is 4.74 Å². The van der Waals surface area contributed by atoms with Crippen molar-refractivity contribution in [1.82, 2.24) is 10.2 Å². The Labute approximate surface area is 147 Å². The Kier molecular flexibility index (Phi) is 8.49. The quantitative estimate of drug-likeness (QED) is 0.597. The number of nitrogens with one attached hydrogen (secondary N) is 1. The number of rotatable bonds is 7. The molecule has 0 spiro atoms. The molecule has 1 aromatic carbocycles. The first-order valence-electron chi connectivity index (χ1n) is 7.90. The maximum Gasteiger partial charge on any atom is 0.310 e. The fourth-order valence-corrected chi connectivity index (χ4v) is 2.81. The first kappa shape index (κ1) is 20.2. The third kappa shape index (κ3) is 5.65. The molecule has 1 N–H and O–H groups in total. The van der Waals surface area contributed by atoms with Crippen LogP contribution in [0.2, 0.25) is 0 Å². The number of carbonyl (C=O) groups is 1. The van der Waals surface area contributed by atoms with Gasteiger partial charge in [-0.15, -0.1) is 12.4 Å². The number of halogens is 1. The fraction of sp³-hybridized carbons (Fsp3) is 0.562. The summed E-state index contributed by atoms with van der Waals surface area (Å²) in [5, 5.41) is 14.1. The normalized spacial score (nSPS) is 14.8. The summed E-state index contributed by atoms with van der Waals surface area (Å²) >= 11 is 0. The average molecular weight is 358 g/mol. The Morgan fingerprint density at radius 3 is 2.67 bits per heavy atom. The number of likely N-dealkylation sites (tertiary alicyclic amines) is 1. The van der Waals surface area contributed by atoms with Crippen molar-refractivity contribution in [2.75, 3.05) is 33.3 Å². The molecule has 0 aliphatic carbocycles. The van der Waals surface area contributed by atoms with Crippen LogP contribution in [0.25, 0.3) is 0 Å². The van der Waals surface area contributed by atoms with Crippen LogP contribution in [0.4, 0.5) is 5.69 Å². The zero-order valence-corrected chi connectivity index (χ0v) is 14.6. The molecule has 1 heterocycles. The van der Waals surface area contributed by atoms with E-state index in [9.17, 15) is 14.9 Å². The topological polar surface area (TPSA) is 84.7 Å². The van der Waals surface area contributed by atoms with E-state index in [2.05, 4.69) is 5.32 Å². The molecule has 1 fully saturated rings. The van der Waals surface area contributed by atoms with Gasteiger partial charge in [0, 0.05) is 19.2 Å². The van der Waals surface area contributed by atoms with E-state index in [0.717, 1.165) is 32.5 Å². The zero-order chi connectivity index (χ0) is 16.7. The van der Waals surface area contributed by atoms with Gasteiger partial charge in [-0.05, 0) is 38.4 Å². The van der Waals surface area contributed by atoms with E-state index in [1.54, 1.807) is 18.2 Å². The van der Waals surface area contributed by atoms with Gasteiger partial charge in [-0.2, -0.15) is 0 Å². The van der Waals surface area contributed by atoms with E-state index in [-0.39, 0.29) is 42.8 Å². The summed E-state index contributed by atoms with van der Waals surface area (Å²) in [6, 6.07) is 6.21. The highest BCUT2D eigenvalue weighted by atomic mass is 35.5. The van der Waals surface area contributed by atoms with Gasteiger partial charge in [0.25, 0.3) is 0 Å². The summed E-state index contributed by atoms with van der Waals surface area (Å²) in [4.78, 5) is 24.4. The number of ether oxygens (including phenoxy) is 1. The highest BCUT2D eigenvalue weighted by Gasteiger charge is 2.22. The monoisotopic (exact) mass is 357 g/mol. The molecule has 7 nitrogen and oxygen atoms in total. The van der Waals surface area contributed by atoms with Gasteiger partial charge >= 0.3 is 5.69 Å². The van der Waals surface area contributed by atoms with Crippen LogP contribution in [-0.2, 0) is 4.79 Å². The number of piperidine rings is 1. The second-order valence-corrected chi connectivity index (χ2v) is 5.71. The molecule has 1 amide bonds. The number of amides is 1. The lowest BCUT2D eigenvalue weighted by molar-refractivity contribution is -0.385. The zero-order valence-electron chi connectivity index (χ0n) is 13.8. The molecule has 1 aliphatic heterocycles. The predicted octanol–water partition coefficient (Wildman–Crippen LogP) is 2.24. The van der Waals surface area contributed by atoms with E-state index in [1.807, 2.05) is 11.9 Å². The lowest BCUT2D eigenvalue weighted by atomic mass is 9.97. The standard InChI is InChI=1S/C16H23N3O4.ClH/c1-17-12-13-6-9-18(10-7-13)16(20)8-11-23-15-5-3-2-4-14(15)19(21)22;/h2-5,13,17H,6-12H2,1H3;1H. The van der Waals surface area contributed by atoms with Crippen LogP contribution in [-0.4, -0.2) is 49.0 Å². The summed E-state index contributed by atoms with van der Waals surface area (Å²) in [7, 11) is 1.94. The highest BCUT2D eigenvalue weighted by Crippen LogP contribution is 2.26. The number of nitrogens with zero attached hydrogens (tertiary/aromatic N) is 2. The Morgan fingerprint density at radius 1 is 1.38 bits per heavy atom. The van der Waals surface area contributed by atoms with E-state index in [0.29, 0.717) is 5.92 Å². The number of nitro groups is 1. The van der Waals surface area contributed by atoms with Crippen LogP contribution < -0.4 is 10.1 Å². The first-order valence-corrected chi connectivity index (χ1v) is 7.90. The van der Waals surface area contributed by atoms with Gasteiger partial charge in [-0.1, -0.05) is 12.1 Å². The molecule has 0 unspecified atom stereocenters. The highest BCUT2D eigenvalue weighted by molar-refractivity contribution is 5.85. The van der Waals surface area contributed by atoms with Crippen molar-refractivity contribution < 1.29 is 14.5 Å². The van der Waals surface area contributed by atoms with Gasteiger partial charge in [0.15, 0.2) is 5.75 Å². The van der Waals surface area contributed by atoms with Crippen LogP contribution in [0.5, 0.6) is 5.75 Å². The summed E-state index contributed by atoms with van der Waals surface area (Å²) < 4.78 is 5.42. The lowest BCUT2D eigenvalue weighted by Gasteiger charge is -2.32. The molecule has 0 aromatic heterocycles. The fourth-order valence-electron chi connectivity index (χ4n) is 2.81. The third-order valence-electron chi connectivity index (χ3n) is 4.10. The predicted molar refractivity (Wildman–Crippen MR) is 93.7 cm³/mol. The van der Waals surface area contributed by atoms with Crippen molar-refractivity contribution >= 4 is 24.0 Å². The van der Waals surface area contributed by atoms with Crippen molar-refractivity contribution in [2.45, 2.75) is 19.3 Å².